The largest absolute Gasteiger partial charge is 0.487 e. The lowest BCUT2D eigenvalue weighted by Crippen LogP contribution is -2.56. The first-order chi connectivity index (χ1) is 14.0. The number of nitrogens with zero attached hydrogens (tertiary/aromatic N) is 3. The van der Waals surface area contributed by atoms with E-state index in [0.717, 1.165) is 5.69 Å². The van der Waals surface area contributed by atoms with Crippen LogP contribution < -0.4 is 15.8 Å². The number of nitrogens with one attached hydrogen (secondary N) is 1. The molecule has 0 spiro atoms. The van der Waals surface area contributed by atoms with Gasteiger partial charge in [0.15, 0.2) is 0 Å². The number of rotatable bonds is 7. The summed E-state index contributed by atoms with van der Waals surface area (Å²) in [5.41, 5.74) is 7.40. The van der Waals surface area contributed by atoms with Gasteiger partial charge in [-0.15, -0.1) is 0 Å². The molecule has 0 bridgehead atoms. The van der Waals surface area contributed by atoms with E-state index in [1.807, 2.05) is 13.1 Å². The number of nitrogen functional groups attached to an aromatic ring is 1. The molecule has 156 valence electrons. The van der Waals surface area contributed by atoms with E-state index in [4.69, 9.17) is 15.2 Å². The van der Waals surface area contributed by atoms with Crippen molar-refractivity contribution in [2.24, 2.45) is 12.0 Å². The number of aliphatic hydroxyl groups excluding tert-OH is 1. The van der Waals surface area contributed by atoms with Crippen LogP contribution in [0.15, 0.2) is 35.5 Å². The second kappa shape index (κ2) is 9.06. The lowest BCUT2D eigenvalue weighted by atomic mass is 9.90. The summed E-state index contributed by atoms with van der Waals surface area (Å²) in [6.07, 6.45) is 2.78. The average Bonchev–Trinajstić information content (AvgIpc) is 3.14. The van der Waals surface area contributed by atoms with Gasteiger partial charge in [-0.2, -0.15) is 5.10 Å². The van der Waals surface area contributed by atoms with Gasteiger partial charge in [0, 0.05) is 44.8 Å². The molecule has 9 heteroatoms. The third-order valence-corrected chi connectivity index (χ3v) is 5.16. The molecular weight excluding hydrogens is 374 g/mol. The molecular formula is C20H27N5O4. The number of amides is 1. The van der Waals surface area contributed by atoms with Gasteiger partial charge in [0.1, 0.15) is 18.1 Å². The third kappa shape index (κ3) is 4.75. The van der Waals surface area contributed by atoms with Crippen molar-refractivity contribution >= 4 is 17.3 Å². The van der Waals surface area contributed by atoms with Gasteiger partial charge >= 0.3 is 0 Å². The second-order valence-corrected chi connectivity index (χ2v) is 7.06. The molecule has 1 fully saturated rings. The fourth-order valence-corrected chi connectivity index (χ4v) is 3.26. The van der Waals surface area contributed by atoms with Gasteiger partial charge in [-0.05, 0) is 37.1 Å². The number of aliphatic hydroxyl groups is 1. The Hall–Kier alpha value is -2.91. The van der Waals surface area contributed by atoms with Crippen molar-refractivity contribution in [3.63, 3.8) is 0 Å². The molecule has 1 aromatic heterocycles. The van der Waals surface area contributed by atoms with Gasteiger partial charge in [-0.3, -0.25) is 14.5 Å². The average molecular weight is 401 g/mol. The quantitative estimate of drug-likeness (QED) is 0.462. The van der Waals surface area contributed by atoms with Crippen LogP contribution in [0.4, 0.5) is 5.69 Å². The molecule has 1 aliphatic rings. The summed E-state index contributed by atoms with van der Waals surface area (Å²) in [6, 6.07) is 6.99. The molecule has 1 aromatic carbocycles. The first kappa shape index (κ1) is 20.8. The molecule has 1 aliphatic heterocycles. The van der Waals surface area contributed by atoms with Gasteiger partial charge in [0.25, 0.3) is 5.91 Å². The van der Waals surface area contributed by atoms with Crippen molar-refractivity contribution in [1.29, 1.82) is 0 Å². The molecule has 4 N–H and O–H groups in total. The van der Waals surface area contributed by atoms with E-state index in [0.29, 0.717) is 49.7 Å². The monoisotopic (exact) mass is 401 g/mol. The van der Waals surface area contributed by atoms with Crippen molar-refractivity contribution in [2.45, 2.75) is 25.0 Å². The first-order valence-electron chi connectivity index (χ1n) is 9.45. The van der Waals surface area contributed by atoms with Crippen molar-refractivity contribution in [1.82, 2.24) is 15.1 Å². The summed E-state index contributed by atoms with van der Waals surface area (Å²) in [5.74, 6) is 0.172. The fraction of sp³-hybridized carbons (Fsp3) is 0.450. The first-order valence-corrected chi connectivity index (χ1v) is 9.45. The van der Waals surface area contributed by atoms with Crippen LogP contribution in [-0.4, -0.2) is 58.9 Å². The van der Waals surface area contributed by atoms with Gasteiger partial charge in [0.2, 0.25) is 0 Å². The molecule has 3 rings (SSSR count). The fourth-order valence-electron chi connectivity index (χ4n) is 3.26. The summed E-state index contributed by atoms with van der Waals surface area (Å²) < 4.78 is 12.9. The molecule has 0 saturated carbocycles. The van der Waals surface area contributed by atoms with Crippen LogP contribution in [-0.2, 0) is 23.2 Å². The number of carbonyl (C=O) groups is 1. The zero-order valence-corrected chi connectivity index (χ0v) is 16.7. The summed E-state index contributed by atoms with van der Waals surface area (Å²) in [7, 11) is 3.37. The number of nitrogens with two attached hydrogens (primary N) is 1. The highest BCUT2D eigenvalue weighted by atomic mass is 16.5. The Labute approximate surface area is 169 Å². The lowest BCUT2D eigenvalue weighted by molar-refractivity contribution is -0.118. The number of aryl methyl sites for hydroxylation is 1. The van der Waals surface area contributed by atoms with Crippen LogP contribution in [0.1, 0.15) is 24.1 Å². The topological polar surface area (TPSA) is 124 Å². The molecule has 2 heterocycles. The molecule has 0 aliphatic carbocycles. The number of hydrogen-bond acceptors (Lipinski definition) is 7. The molecule has 1 saturated heterocycles. The zero-order chi connectivity index (χ0) is 20.9. The molecule has 1 amide bonds. The predicted octanol–water partition coefficient (Wildman–Crippen LogP) is 0.658. The predicted molar refractivity (Wildman–Crippen MR) is 109 cm³/mol. The summed E-state index contributed by atoms with van der Waals surface area (Å²) in [6.45, 7) is 1.14. The van der Waals surface area contributed by atoms with Crippen molar-refractivity contribution in [2.75, 3.05) is 32.6 Å². The Kier molecular flexibility index (Phi) is 6.50. The molecule has 0 atom stereocenters. The van der Waals surface area contributed by atoms with Crippen LogP contribution in [0.2, 0.25) is 0 Å². The number of anilines is 1. The highest BCUT2D eigenvalue weighted by Crippen LogP contribution is 2.24. The molecule has 0 radical (unpaired) electrons. The zero-order valence-electron chi connectivity index (χ0n) is 16.7. The number of ether oxygens (including phenoxy) is 2. The molecule has 29 heavy (non-hydrogen) atoms. The van der Waals surface area contributed by atoms with Crippen molar-refractivity contribution in [3.05, 3.63) is 41.7 Å². The minimum atomic E-state index is -0.715. The van der Waals surface area contributed by atoms with Gasteiger partial charge in [-0.1, -0.05) is 0 Å². The standard InChI is InChI=1S/C20H27N5O4/c1-22-18(19(27)24-20(13-26)6-9-28-10-7-20)16-11-15(3-4-17(16)21)29-12-14-5-8-23-25(14)2/h3-5,8,11,26H,6-7,9-10,12-13,21H2,1-2H3,(H,24,27). The SMILES string of the molecule is CN=C(C(=O)NC1(CO)CCOCC1)c1cc(OCc2ccnn2C)ccc1N. The van der Waals surface area contributed by atoms with E-state index >= 15 is 0 Å². The Bertz CT molecular complexity index is 887. The maximum absolute atomic E-state index is 13.0. The molecule has 9 nitrogen and oxygen atoms in total. The minimum absolute atomic E-state index is 0.164. The van der Waals surface area contributed by atoms with E-state index in [-0.39, 0.29) is 18.2 Å². The number of benzene rings is 1. The van der Waals surface area contributed by atoms with Crippen molar-refractivity contribution < 1.29 is 19.4 Å². The number of hydrogen-bond donors (Lipinski definition) is 3. The Morgan fingerprint density at radius 2 is 2.17 bits per heavy atom. The third-order valence-electron chi connectivity index (χ3n) is 5.16. The van der Waals surface area contributed by atoms with E-state index in [1.54, 1.807) is 29.1 Å². The van der Waals surface area contributed by atoms with Gasteiger partial charge < -0.3 is 25.6 Å². The highest BCUT2D eigenvalue weighted by Gasteiger charge is 2.35. The summed E-state index contributed by atoms with van der Waals surface area (Å²) in [4.78, 5) is 17.1. The Balaban J connectivity index is 1.77. The summed E-state index contributed by atoms with van der Waals surface area (Å²) in [5, 5.41) is 16.9. The van der Waals surface area contributed by atoms with E-state index in [1.165, 1.54) is 7.05 Å². The molecule has 0 unspecified atom stereocenters. The normalized spacial score (nSPS) is 16.4. The summed E-state index contributed by atoms with van der Waals surface area (Å²) >= 11 is 0. The van der Waals surface area contributed by atoms with Crippen LogP contribution >= 0.6 is 0 Å². The minimum Gasteiger partial charge on any atom is -0.487 e. The number of carbonyl (C=O) groups excluding carboxylic acids is 1. The van der Waals surface area contributed by atoms with Crippen LogP contribution in [0.25, 0.3) is 0 Å². The van der Waals surface area contributed by atoms with Crippen LogP contribution in [0, 0.1) is 0 Å². The number of aliphatic imine (C=N–C) groups is 1. The van der Waals surface area contributed by atoms with Gasteiger partial charge in [0.05, 0.1) is 17.8 Å². The van der Waals surface area contributed by atoms with E-state index < -0.39 is 5.54 Å². The smallest absolute Gasteiger partial charge is 0.270 e. The Morgan fingerprint density at radius 3 is 2.79 bits per heavy atom. The maximum Gasteiger partial charge on any atom is 0.270 e. The van der Waals surface area contributed by atoms with Crippen LogP contribution in [0.3, 0.4) is 0 Å². The van der Waals surface area contributed by atoms with Crippen molar-refractivity contribution in [3.8, 4) is 5.75 Å². The van der Waals surface area contributed by atoms with E-state index in [9.17, 15) is 9.90 Å². The van der Waals surface area contributed by atoms with Crippen LogP contribution in [0.5, 0.6) is 5.75 Å². The van der Waals surface area contributed by atoms with E-state index in [2.05, 4.69) is 15.4 Å². The lowest BCUT2D eigenvalue weighted by Gasteiger charge is -2.36. The maximum atomic E-state index is 13.0. The molecule has 2 aromatic rings. The Morgan fingerprint density at radius 1 is 1.41 bits per heavy atom. The number of aromatic nitrogens is 2. The highest BCUT2D eigenvalue weighted by molar-refractivity contribution is 6.46. The second-order valence-electron chi connectivity index (χ2n) is 7.06. The van der Waals surface area contributed by atoms with Gasteiger partial charge in [-0.25, -0.2) is 0 Å².